The van der Waals surface area contributed by atoms with Crippen LogP contribution >= 0.6 is 0 Å². The molecule has 1 atom stereocenters. The molecule has 0 rings (SSSR count). The van der Waals surface area contributed by atoms with Gasteiger partial charge in [0, 0.05) is 20.3 Å². The molecule has 2 N–H and O–H groups in total. The van der Waals surface area contributed by atoms with E-state index in [1.54, 1.807) is 14.0 Å². The van der Waals surface area contributed by atoms with E-state index in [0.717, 1.165) is 13.0 Å². The van der Waals surface area contributed by atoms with Gasteiger partial charge < -0.3 is 24.6 Å². The van der Waals surface area contributed by atoms with Gasteiger partial charge in [0.05, 0.1) is 32.3 Å². The number of aliphatic hydroxyl groups is 1. The number of methoxy groups -OCH3 is 1. The Kier molecular flexibility index (Phi) is 12.3. The lowest BCUT2D eigenvalue weighted by atomic mass is 10.2. The van der Waals surface area contributed by atoms with Crippen LogP contribution in [0.3, 0.4) is 0 Å². The maximum Gasteiger partial charge on any atom is 0.308 e. The second-order valence-corrected chi connectivity index (χ2v) is 3.83. The largest absolute Gasteiger partial charge is 0.466 e. The van der Waals surface area contributed by atoms with Crippen molar-refractivity contribution < 1.29 is 24.1 Å². The van der Waals surface area contributed by atoms with E-state index in [1.165, 1.54) is 0 Å². The Labute approximate surface area is 109 Å². The minimum Gasteiger partial charge on any atom is -0.466 e. The number of ether oxygens (including phenoxy) is 3. The number of esters is 1. The van der Waals surface area contributed by atoms with E-state index >= 15 is 0 Å². The lowest BCUT2D eigenvalue weighted by Gasteiger charge is -2.11. The van der Waals surface area contributed by atoms with Gasteiger partial charge in [-0.3, -0.25) is 4.79 Å². The highest BCUT2D eigenvalue weighted by Gasteiger charge is 2.10. The van der Waals surface area contributed by atoms with Crippen LogP contribution in [0.25, 0.3) is 0 Å². The number of carbonyl (C=O) groups is 1. The molecule has 0 aliphatic carbocycles. The molecule has 0 saturated heterocycles. The normalized spacial score (nSPS) is 12.4. The highest BCUT2D eigenvalue weighted by Crippen LogP contribution is 1.93. The molecule has 1 unspecified atom stereocenters. The van der Waals surface area contributed by atoms with Gasteiger partial charge in [-0.15, -0.1) is 0 Å². The van der Waals surface area contributed by atoms with Crippen molar-refractivity contribution in [2.24, 2.45) is 0 Å². The quantitative estimate of drug-likeness (QED) is 0.379. The number of aliphatic hydroxyl groups excluding tert-OH is 1. The number of hydrogen-bond acceptors (Lipinski definition) is 6. The average Bonchev–Trinajstić information content (AvgIpc) is 2.32. The first kappa shape index (κ1) is 17.3. The number of rotatable bonds is 12. The molecule has 0 aromatic heterocycles. The van der Waals surface area contributed by atoms with E-state index < -0.39 is 6.10 Å². The first-order chi connectivity index (χ1) is 8.70. The Morgan fingerprint density at radius 3 is 2.78 bits per heavy atom. The minimum atomic E-state index is -0.696. The Bertz CT molecular complexity index is 201. The summed E-state index contributed by atoms with van der Waals surface area (Å²) in [7, 11) is 1.63. The van der Waals surface area contributed by atoms with Crippen LogP contribution < -0.4 is 5.32 Å². The molecule has 0 amide bonds. The Hall–Kier alpha value is -0.690. The number of hydrogen-bond donors (Lipinski definition) is 2. The van der Waals surface area contributed by atoms with Gasteiger partial charge in [0.2, 0.25) is 0 Å². The molecule has 108 valence electrons. The predicted molar refractivity (Wildman–Crippen MR) is 67.4 cm³/mol. The van der Waals surface area contributed by atoms with Crippen LogP contribution in [-0.4, -0.2) is 63.8 Å². The van der Waals surface area contributed by atoms with Crippen molar-refractivity contribution in [1.82, 2.24) is 5.32 Å². The average molecular weight is 263 g/mol. The number of nitrogens with one attached hydrogen (secondary N) is 1. The van der Waals surface area contributed by atoms with Crippen molar-refractivity contribution >= 4 is 5.97 Å². The second kappa shape index (κ2) is 12.8. The van der Waals surface area contributed by atoms with Crippen molar-refractivity contribution in [3.63, 3.8) is 0 Å². The van der Waals surface area contributed by atoms with Crippen LogP contribution in [0, 0.1) is 0 Å². The molecule has 0 aliphatic heterocycles. The molecule has 0 fully saturated rings. The van der Waals surface area contributed by atoms with Gasteiger partial charge in [-0.1, -0.05) is 0 Å². The van der Waals surface area contributed by atoms with Crippen LogP contribution in [0.15, 0.2) is 0 Å². The molecule has 0 bridgehead atoms. The molecule has 0 aromatic rings. The zero-order chi connectivity index (χ0) is 13.6. The van der Waals surface area contributed by atoms with E-state index in [9.17, 15) is 9.90 Å². The van der Waals surface area contributed by atoms with Crippen LogP contribution in [0.1, 0.15) is 19.8 Å². The molecule has 0 radical (unpaired) electrons. The maximum absolute atomic E-state index is 11.0. The van der Waals surface area contributed by atoms with E-state index in [0.29, 0.717) is 33.0 Å². The Balaban J connectivity index is 3.24. The summed E-state index contributed by atoms with van der Waals surface area (Å²) in [5.41, 5.74) is 0. The van der Waals surface area contributed by atoms with Gasteiger partial charge in [-0.05, 0) is 19.9 Å². The van der Waals surface area contributed by atoms with Crippen molar-refractivity contribution in [2.45, 2.75) is 25.9 Å². The molecule has 18 heavy (non-hydrogen) atoms. The maximum atomic E-state index is 11.0. The highest BCUT2D eigenvalue weighted by atomic mass is 16.5. The van der Waals surface area contributed by atoms with E-state index in [1.807, 2.05) is 0 Å². The molecule has 0 heterocycles. The third-order valence-electron chi connectivity index (χ3n) is 2.16. The molecular formula is C12H25NO5. The molecule has 0 aliphatic rings. The highest BCUT2D eigenvalue weighted by molar-refractivity contribution is 5.69. The summed E-state index contributed by atoms with van der Waals surface area (Å²) in [5, 5.41) is 12.6. The predicted octanol–water partition coefficient (Wildman–Crippen LogP) is -0.0568. The topological polar surface area (TPSA) is 77.0 Å². The fourth-order valence-corrected chi connectivity index (χ4v) is 1.30. The molecule has 0 saturated carbocycles. The van der Waals surface area contributed by atoms with Gasteiger partial charge in [0.25, 0.3) is 0 Å². The summed E-state index contributed by atoms with van der Waals surface area (Å²) in [6.45, 7) is 5.08. The fourth-order valence-electron chi connectivity index (χ4n) is 1.30. The van der Waals surface area contributed by atoms with E-state index in [-0.39, 0.29) is 12.4 Å². The van der Waals surface area contributed by atoms with Crippen molar-refractivity contribution in [3.05, 3.63) is 0 Å². The molecule has 6 heteroatoms. The zero-order valence-electron chi connectivity index (χ0n) is 11.3. The van der Waals surface area contributed by atoms with Gasteiger partial charge in [-0.25, -0.2) is 0 Å². The zero-order valence-corrected chi connectivity index (χ0v) is 11.3. The summed E-state index contributed by atoms with van der Waals surface area (Å²) in [5.74, 6) is -0.366. The van der Waals surface area contributed by atoms with Gasteiger partial charge >= 0.3 is 5.97 Å². The lowest BCUT2D eigenvalue weighted by Crippen LogP contribution is -2.30. The first-order valence-electron chi connectivity index (χ1n) is 6.31. The third kappa shape index (κ3) is 11.8. The summed E-state index contributed by atoms with van der Waals surface area (Å²) in [4.78, 5) is 11.0. The van der Waals surface area contributed by atoms with E-state index in [2.05, 4.69) is 5.32 Å². The summed E-state index contributed by atoms with van der Waals surface area (Å²) >= 11 is 0. The van der Waals surface area contributed by atoms with E-state index in [4.69, 9.17) is 14.2 Å². The minimum absolute atomic E-state index is 0.0329. The van der Waals surface area contributed by atoms with Crippen molar-refractivity contribution in [3.8, 4) is 0 Å². The van der Waals surface area contributed by atoms with Gasteiger partial charge in [0.1, 0.15) is 0 Å². The monoisotopic (exact) mass is 263 g/mol. The summed E-state index contributed by atoms with van der Waals surface area (Å²) in [6.07, 6.45) is 0.194. The second-order valence-electron chi connectivity index (χ2n) is 3.83. The number of carbonyl (C=O) groups excluding carboxylic acids is 1. The smallest absolute Gasteiger partial charge is 0.308 e. The van der Waals surface area contributed by atoms with Crippen LogP contribution in [-0.2, 0) is 19.0 Å². The van der Waals surface area contributed by atoms with Crippen molar-refractivity contribution in [2.75, 3.05) is 46.6 Å². The molecule has 0 aromatic carbocycles. The van der Waals surface area contributed by atoms with Crippen LogP contribution in [0.2, 0.25) is 0 Å². The third-order valence-corrected chi connectivity index (χ3v) is 2.16. The summed E-state index contributed by atoms with van der Waals surface area (Å²) in [6, 6.07) is 0. The fraction of sp³-hybridized carbons (Fsp3) is 0.917. The van der Waals surface area contributed by atoms with Gasteiger partial charge in [-0.2, -0.15) is 0 Å². The standard InChI is InChI=1S/C12H25NO5/c1-3-18-12(15)9-11(14)10-13-5-4-6-17-8-7-16-2/h11,13-14H,3-10H2,1-2H3. The molecule has 0 spiro atoms. The first-order valence-corrected chi connectivity index (χ1v) is 6.31. The lowest BCUT2D eigenvalue weighted by molar-refractivity contribution is -0.145. The van der Waals surface area contributed by atoms with Crippen LogP contribution in [0.5, 0.6) is 0 Å². The molecule has 6 nitrogen and oxygen atoms in total. The molecular weight excluding hydrogens is 238 g/mol. The Morgan fingerprint density at radius 2 is 2.11 bits per heavy atom. The summed E-state index contributed by atoms with van der Waals surface area (Å²) < 4.78 is 14.9. The SMILES string of the molecule is CCOC(=O)CC(O)CNCCCOCCOC. The van der Waals surface area contributed by atoms with Crippen LogP contribution in [0.4, 0.5) is 0 Å². The Morgan fingerprint density at radius 1 is 1.33 bits per heavy atom. The van der Waals surface area contributed by atoms with Crippen molar-refractivity contribution in [1.29, 1.82) is 0 Å². The van der Waals surface area contributed by atoms with Gasteiger partial charge in [0.15, 0.2) is 0 Å².